The van der Waals surface area contributed by atoms with E-state index < -0.39 is 10.0 Å². The quantitative estimate of drug-likeness (QED) is 0.712. The zero-order valence-corrected chi connectivity index (χ0v) is 13.7. The van der Waals surface area contributed by atoms with Crippen molar-refractivity contribution in [2.24, 2.45) is 0 Å². The molecule has 0 spiro atoms. The smallest absolute Gasteiger partial charge is 0.241 e. The van der Waals surface area contributed by atoms with Crippen LogP contribution in [0.5, 0.6) is 0 Å². The molecular formula is C16H16N4O3S. The number of rotatable bonds is 6. The van der Waals surface area contributed by atoms with Crippen LogP contribution in [0.25, 0.3) is 11.3 Å². The van der Waals surface area contributed by atoms with Crippen LogP contribution < -0.4 is 10.0 Å². The van der Waals surface area contributed by atoms with Crippen molar-refractivity contribution in [1.82, 2.24) is 14.9 Å². The van der Waals surface area contributed by atoms with Crippen LogP contribution in [0.15, 0.2) is 64.1 Å². The Morgan fingerprint density at radius 1 is 1.12 bits per heavy atom. The molecule has 0 fully saturated rings. The van der Waals surface area contributed by atoms with Gasteiger partial charge >= 0.3 is 0 Å². The molecule has 0 amide bonds. The van der Waals surface area contributed by atoms with Crippen LogP contribution in [0.4, 0.5) is 5.82 Å². The first-order valence-corrected chi connectivity index (χ1v) is 8.71. The zero-order valence-electron chi connectivity index (χ0n) is 12.9. The van der Waals surface area contributed by atoms with Gasteiger partial charge in [0, 0.05) is 17.8 Å². The van der Waals surface area contributed by atoms with E-state index in [1.807, 2.05) is 36.4 Å². The third kappa shape index (κ3) is 3.61. The highest BCUT2D eigenvalue weighted by atomic mass is 32.2. The van der Waals surface area contributed by atoms with Crippen molar-refractivity contribution in [3.63, 3.8) is 0 Å². The van der Waals surface area contributed by atoms with E-state index in [4.69, 9.17) is 4.52 Å². The summed E-state index contributed by atoms with van der Waals surface area (Å²) in [6, 6.07) is 14.6. The average Bonchev–Trinajstić information content (AvgIpc) is 3.10. The molecule has 0 saturated carbocycles. The maximum absolute atomic E-state index is 11.6. The maximum Gasteiger partial charge on any atom is 0.241 e. The third-order valence-corrected chi connectivity index (χ3v) is 4.78. The lowest BCUT2D eigenvalue weighted by Crippen LogP contribution is -2.18. The monoisotopic (exact) mass is 344 g/mol. The van der Waals surface area contributed by atoms with Crippen molar-refractivity contribution >= 4 is 15.8 Å². The fraction of sp³-hybridized carbons (Fsp3) is 0.125. The maximum atomic E-state index is 11.6. The molecule has 3 rings (SSSR count). The molecule has 0 bridgehead atoms. The molecule has 0 aliphatic rings. The number of sulfonamides is 1. The summed E-state index contributed by atoms with van der Waals surface area (Å²) >= 11 is 0. The van der Waals surface area contributed by atoms with Crippen LogP contribution in [0, 0.1) is 0 Å². The molecule has 0 atom stereocenters. The number of benzene rings is 1. The van der Waals surface area contributed by atoms with Crippen LogP contribution >= 0.6 is 0 Å². The van der Waals surface area contributed by atoms with Crippen molar-refractivity contribution in [2.45, 2.75) is 11.4 Å². The summed E-state index contributed by atoms with van der Waals surface area (Å²) in [7, 11) is -2.12. The molecule has 8 heteroatoms. The van der Waals surface area contributed by atoms with Crippen LogP contribution in [-0.2, 0) is 16.6 Å². The lowest BCUT2D eigenvalue weighted by molar-refractivity contribution is 0.424. The van der Waals surface area contributed by atoms with Gasteiger partial charge in [-0.05, 0) is 19.2 Å². The normalized spacial score (nSPS) is 11.4. The topological polar surface area (TPSA) is 97.1 Å². The molecule has 24 heavy (non-hydrogen) atoms. The SMILES string of the molecule is CNS(=O)(=O)c1ccc(NCc2cc(-c3ccccc3)on2)nc1. The first-order valence-electron chi connectivity index (χ1n) is 7.23. The van der Waals surface area contributed by atoms with Crippen LogP contribution in [0.2, 0.25) is 0 Å². The van der Waals surface area contributed by atoms with E-state index in [2.05, 4.69) is 20.2 Å². The Balaban J connectivity index is 1.65. The van der Waals surface area contributed by atoms with Gasteiger partial charge in [0.05, 0.1) is 6.54 Å². The van der Waals surface area contributed by atoms with Crippen LogP contribution in [-0.4, -0.2) is 25.6 Å². The van der Waals surface area contributed by atoms with E-state index >= 15 is 0 Å². The second-order valence-corrected chi connectivity index (χ2v) is 6.88. The van der Waals surface area contributed by atoms with E-state index in [-0.39, 0.29) is 4.90 Å². The number of nitrogens with zero attached hydrogens (tertiary/aromatic N) is 2. The average molecular weight is 344 g/mol. The second-order valence-electron chi connectivity index (χ2n) is 4.99. The van der Waals surface area contributed by atoms with Crippen LogP contribution in [0.1, 0.15) is 5.69 Å². The van der Waals surface area contributed by atoms with Crippen molar-refractivity contribution in [1.29, 1.82) is 0 Å². The van der Waals surface area contributed by atoms with Gasteiger partial charge in [-0.25, -0.2) is 18.1 Å². The van der Waals surface area contributed by atoms with E-state index in [0.29, 0.717) is 18.1 Å². The summed E-state index contributed by atoms with van der Waals surface area (Å²) in [5.41, 5.74) is 1.68. The minimum Gasteiger partial charge on any atom is -0.364 e. The standard InChI is InChI=1S/C16H16N4O3S/c1-17-24(21,22)14-7-8-16(19-11-14)18-10-13-9-15(23-20-13)12-5-3-2-4-6-12/h2-9,11,17H,10H2,1H3,(H,18,19). The van der Waals surface area contributed by atoms with Crippen molar-refractivity contribution < 1.29 is 12.9 Å². The number of hydrogen-bond acceptors (Lipinski definition) is 6. The van der Waals surface area contributed by atoms with Gasteiger partial charge in [-0.3, -0.25) is 0 Å². The Morgan fingerprint density at radius 2 is 1.92 bits per heavy atom. The highest BCUT2D eigenvalue weighted by Gasteiger charge is 2.11. The van der Waals surface area contributed by atoms with Crippen molar-refractivity contribution in [3.05, 3.63) is 60.4 Å². The Labute approximate surface area is 139 Å². The lowest BCUT2D eigenvalue weighted by Gasteiger charge is -2.05. The van der Waals surface area contributed by atoms with Crippen molar-refractivity contribution in [3.8, 4) is 11.3 Å². The van der Waals surface area contributed by atoms with E-state index in [1.165, 1.54) is 19.3 Å². The molecule has 0 unspecified atom stereocenters. The molecule has 2 aromatic heterocycles. The number of nitrogens with one attached hydrogen (secondary N) is 2. The Hall–Kier alpha value is -2.71. The Morgan fingerprint density at radius 3 is 2.58 bits per heavy atom. The number of hydrogen-bond donors (Lipinski definition) is 2. The van der Waals surface area contributed by atoms with Crippen LogP contribution in [0.3, 0.4) is 0 Å². The molecule has 7 nitrogen and oxygen atoms in total. The van der Waals surface area contributed by atoms with E-state index in [9.17, 15) is 8.42 Å². The second kappa shape index (κ2) is 6.81. The summed E-state index contributed by atoms with van der Waals surface area (Å²) in [4.78, 5) is 4.20. The molecule has 0 saturated heterocycles. The number of aromatic nitrogens is 2. The predicted octanol–water partition coefficient (Wildman–Crippen LogP) is 2.26. The molecular weight excluding hydrogens is 328 g/mol. The molecule has 0 aliphatic heterocycles. The van der Waals surface area contributed by atoms with Gasteiger partial charge in [-0.15, -0.1) is 0 Å². The number of pyridine rings is 1. The number of anilines is 1. The molecule has 0 aliphatic carbocycles. The first-order chi connectivity index (χ1) is 11.6. The minimum absolute atomic E-state index is 0.114. The fourth-order valence-electron chi connectivity index (χ4n) is 2.08. The van der Waals surface area contributed by atoms with Gasteiger partial charge in [0.2, 0.25) is 10.0 Å². The van der Waals surface area contributed by atoms with E-state index in [1.54, 1.807) is 6.07 Å². The van der Waals surface area contributed by atoms with Gasteiger partial charge < -0.3 is 9.84 Å². The zero-order chi connectivity index (χ0) is 17.0. The summed E-state index contributed by atoms with van der Waals surface area (Å²) in [5.74, 6) is 1.24. The van der Waals surface area contributed by atoms with Gasteiger partial charge in [0.15, 0.2) is 5.76 Å². The van der Waals surface area contributed by atoms with E-state index in [0.717, 1.165) is 11.3 Å². The predicted molar refractivity (Wildman–Crippen MR) is 89.7 cm³/mol. The van der Waals surface area contributed by atoms with Gasteiger partial charge in [0.25, 0.3) is 0 Å². The van der Waals surface area contributed by atoms with Gasteiger partial charge in [-0.2, -0.15) is 0 Å². The Bertz CT molecular complexity index is 906. The minimum atomic E-state index is -3.48. The molecule has 0 radical (unpaired) electrons. The largest absolute Gasteiger partial charge is 0.364 e. The molecule has 124 valence electrons. The lowest BCUT2D eigenvalue weighted by atomic mass is 10.2. The fourth-order valence-corrected chi connectivity index (χ4v) is 2.75. The molecule has 3 aromatic rings. The first kappa shape index (κ1) is 16.2. The summed E-state index contributed by atoms with van der Waals surface area (Å²) in [5, 5.41) is 7.08. The van der Waals surface area contributed by atoms with Crippen molar-refractivity contribution in [2.75, 3.05) is 12.4 Å². The summed E-state index contributed by atoms with van der Waals surface area (Å²) < 4.78 is 30.8. The summed E-state index contributed by atoms with van der Waals surface area (Å²) in [6.07, 6.45) is 1.30. The molecule has 1 aromatic carbocycles. The van der Waals surface area contributed by atoms with Gasteiger partial charge in [-0.1, -0.05) is 35.5 Å². The van der Waals surface area contributed by atoms with Gasteiger partial charge in [0.1, 0.15) is 16.4 Å². The highest BCUT2D eigenvalue weighted by molar-refractivity contribution is 7.89. The molecule has 2 N–H and O–H groups in total. The Kier molecular flexibility index (Phi) is 4.59. The highest BCUT2D eigenvalue weighted by Crippen LogP contribution is 2.20. The summed E-state index contributed by atoms with van der Waals surface area (Å²) in [6.45, 7) is 0.418. The molecule has 2 heterocycles. The third-order valence-electron chi connectivity index (χ3n) is 3.38.